The average molecular weight is 250 g/mol. The number of H-pyrrole nitrogens is 1. The summed E-state index contributed by atoms with van der Waals surface area (Å²) in [6.45, 7) is 0. The summed E-state index contributed by atoms with van der Waals surface area (Å²) < 4.78 is 22.6. The molecule has 0 bridgehead atoms. The number of benzene rings is 1. The largest absolute Gasteiger partial charge is 0.342 e. The highest BCUT2D eigenvalue weighted by Crippen LogP contribution is 2.21. The van der Waals surface area contributed by atoms with E-state index in [1.54, 1.807) is 12.1 Å². The molecule has 1 heterocycles. The van der Waals surface area contributed by atoms with Crippen LogP contribution in [0.3, 0.4) is 0 Å². The molecule has 0 saturated heterocycles. The molecule has 0 aliphatic rings. The van der Waals surface area contributed by atoms with Crippen molar-refractivity contribution in [2.24, 2.45) is 0 Å². The van der Waals surface area contributed by atoms with Gasteiger partial charge in [0.25, 0.3) is 0 Å². The number of carbonyl (C=O) groups is 1. The summed E-state index contributed by atoms with van der Waals surface area (Å²) >= 11 is 0. The van der Waals surface area contributed by atoms with Gasteiger partial charge in [-0.25, -0.2) is 13.4 Å². The molecular weight excluding hydrogens is 240 g/mol. The molecule has 1 aromatic heterocycles. The van der Waals surface area contributed by atoms with Gasteiger partial charge in [-0.15, -0.1) is 0 Å². The molecule has 2 aromatic rings. The maximum absolute atomic E-state index is 11.3. The maximum Gasteiger partial charge on any atom is 0.175 e. The van der Waals surface area contributed by atoms with Crippen LogP contribution in [0.15, 0.2) is 35.5 Å². The minimum Gasteiger partial charge on any atom is -0.342 e. The standard InChI is InChI=1S/C11H10N2O3S/c1-17(15,16)9-4-2-8(3-5-9)11-10(6-14)12-7-13-11/h2-7H,1H3,(H,12,13). The Morgan fingerprint density at radius 2 is 1.88 bits per heavy atom. The van der Waals surface area contributed by atoms with Crippen LogP contribution in [0.2, 0.25) is 0 Å². The van der Waals surface area contributed by atoms with E-state index in [9.17, 15) is 13.2 Å². The van der Waals surface area contributed by atoms with Gasteiger partial charge in [0.05, 0.1) is 16.9 Å². The molecule has 0 radical (unpaired) electrons. The van der Waals surface area contributed by atoms with Crippen molar-refractivity contribution in [3.63, 3.8) is 0 Å². The molecule has 0 fully saturated rings. The van der Waals surface area contributed by atoms with Gasteiger partial charge in [-0.1, -0.05) is 12.1 Å². The highest BCUT2D eigenvalue weighted by atomic mass is 32.2. The number of hydrogen-bond acceptors (Lipinski definition) is 4. The van der Waals surface area contributed by atoms with Crippen LogP contribution in [0.25, 0.3) is 11.3 Å². The van der Waals surface area contributed by atoms with Gasteiger partial charge in [0.15, 0.2) is 16.1 Å². The highest BCUT2D eigenvalue weighted by molar-refractivity contribution is 7.90. The lowest BCUT2D eigenvalue weighted by Crippen LogP contribution is -1.96. The van der Waals surface area contributed by atoms with Crippen molar-refractivity contribution in [1.29, 1.82) is 0 Å². The molecule has 5 nitrogen and oxygen atoms in total. The fourth-order valence-electron chi connectivity index (χ4n) is 1.48. The number of imidazole rings is 1. The molecular formula is C11H10N2O3S. The highest BCUT2D eigenvalue weighted by Gasteiger charge is 2.10. The fraction of sp³-hybridized carbons (Fsp3) is 0.0909. The van der Waals surface area contributed by atoms with E-state index >= 15 is 0 Å². The SMILES string of the molecule is CS(=O)(=O)c1ccc(-c2nc[nH]c2C=O)cc1. The second-order valence-electron chi connectivity index (χ2n) is 3.58. The molecule has 0 atom stereocenters. The number of sulfone groups is 1. The van der Waals surface area contributed by atoms with Gasteiger partial charge in [0, 0.05) is 11.8 Å². The first-order chi connectivity index (χ1) is 8.02. The Morgan fingerprint density at radius 1 is 1.24 bits per heavy atom. The predicted octanol–water partition coefficient (Wildman–Crippen LogP) is 1.29. The third-order valence-corrected chi connectivity index (χ3v) is 3.47. The van der Waals surface area contributed by atoms with Gasteiger partial charge >= 0.3 is 0 Å². The number of aldehydes is 1. The second-order valence-corrected chi connectivity index (χ2v) is 5.59. The number of nitrogens with one attached hydrogen (secondary N) is 1. The molecule has 0 aliphatic carbocycles. The van der Waals surface area contributed by atoms with Gasteiger partial charge in [-0.3, -0.25) is 4.79 Å². The molecule has 0 aliphatic heterocycles. The monoisotopic (exact) mass is 250 g/mol. The van der Waals surface area contributed by atoms with Gasteiger partial charge in [0.2, 0.25) is 0 Å². The van der Waals surface area contributed by atoms with Gasteiger partial charge in [-0.2, -0.15) is 0 Å². The number of carbonyl (C=O) groups excluding carboxylic acids is 1. The van der Waals surface area contributed by atoms with Gasteiger partial charge in [0.1, 0.15) is 5.69 Å². The van der Waals surface area contributed by atoms with Crippen LogP contribution in [0.4, 0.5) is 0 Å². The van der Waals surface area contributed by atoms with Crippen molar-refractivity contribution < 1.29 is 13.2 Å². The van der Waals surface area contributed by atoms with Crippen LogP contribution in [-0.2, 0) is 9.84 Å². The normalized spacial score (nSPS) is 11.4. The third kappa shape index (κ3) is 2.26. The molecule has 1 aromatic carbocycles. The zero-order valence-electron chi connectivity index (χ0n) is 9.04. The summed E-state index contributed by atoms with van der Waals surface area (Å²) in [6, 6.07) is 6.24. The summed E-state index contributed by atoms with van der Waals surface area (Å²) in [7, 11) is -3.20. The zero-order chi connectivity index (χ0) is 12.5. The Morgan fingerprint density at radius 3 is 2.41 bits per heavy atom. The Kier molecular flexibility index (Phi) is 2.81. The lowest BCUT2D eigenvalue weighted by molar-refractivity contribution is 0.112. The van der Waals surface area contributed by atoms with Gasteiger partial charge < -0.3 is 4.98 Å². The Labute approximate surface area is 98.4 Å². The van der Waals surface area contributed by atoms with Crippen LogP contribution in [0, 0.1) is 0 Å². The summed E-state index contributed by atoms with van der Waals surface area (Å²) in [6.07, 6.45) is 3.24. The van der Waals surface area contributed by atoms with E-state index in [2.05, 4.69) is 9.97 Å². The summed E-state index contributed by atoms with van der Waals surface area (Å²) in [5, 5.41) is 0. The summed E-state index contributed by atoms with van der Waals surface area (Å²) in [5.74, 6) is 0. The van der Waals surface area contributed by atoms with Crippen molar-refractivity contribution >= 4 is 16.1 Å². The zero-order valence-corrected chi connectivity index (χ0v) is 9.86. The third-order valence-electron chi connectivity index (χ3n) is 2.34. The number of aromatic amines is 1. The Hall–Kier alpha value is -1.95. The molecule has 88 valence electrons. The van der Waals surface area contributed by atoms with E-state index < -0.39 is 9.84 Å². The van der Waals surface area contributed by atoms with Gasteiger partial charge in [-0.05, 0) is 12.1 Å². The van der Waals surface area contributed by atoms with Crippen LogP contribution in [-0.4, -0.2) is 30.9 Å². The lowest BCUT2D eigenvalue weighted by atomic mass is 10.1. The van der Waals surface area contributed by atoms with Crippen molar-refractivity contribution in [1.82, 2.24) is 9.97 Å². The molecule has 0 amide bonds. The van der Waals surface area contributed by atoms with Crippen molar-refractivity contribution in [2.75, 3.05) is 6.26 Å². The predicted molar refractivity (Wildman–Crippen MR) is 62.5 cm³/mol. The maximum atomic E-state index is 11.3. The molecule has 6 heteroatoms. The first-order valence-corrected chi connectivity index (χ1v) is 6.70. The van der Waals surface area contributed by atoms with E-state index in [0.29, 0.717) is 23.2 Å². The van der Waals surface area contributed by atoms with Crippen LogP contribution < -0.4 is 0 Å². The quantitative estimate of drug-likeness (QED) is 0.832. The topological polar surface area (TPSA) is 79.9 Å². The summed E-state index contributed by atoms with van der Waals surface area (Å²) in [4.78, 5) is 17.7. The number of hydrogen-bond donors (Lipinski definition) is 1. The molecule has 2 rings (SSSR count). The first-order valence-electron chi connectivity index (χ1n) is 4.81. The first kappa shape index (κ1) is 11.5. The van der Waals surface area contributed by atoms with E-state index in [1.165, 1.54) is 18.5 Å². The molecule has 1 N–H and O–H groups in total. The lowest BCUT2D eigenvalue weighted by Gasteiger charge is -2.01. The number of aromatic nitrogens is 2. The van der Waals surface area contributed by atoms with E-state index in [0.717, 1.165) is 6.26 Å². The fourth-order valence-corrected chi connectivity index (χ4v) is 2.11. The number of rotatable bonds is 3. The molecule has 0 saturated carbocycles. The number of nitrogens with zero attached hydrogens (tertiary/aromatic N) is 1. The van der Waals surface area contributed by atoms with E-state index in [1.807, 2.05) is 0 Å². The molecule has 0 spiro atoms. The van der Waals surface area contributed by atoms with Crippen LogP contribution >= 0.6 is 0 Å². The smallest absolute Gasteiger partial charge is 0.175 e. The minimum atomic E-state index is -3.20. The van der Waals surface area contributed by atoms with Crippen LogP contribution in [0.1, 0.15) is 10.5 Å². The molecule has 0 unspecified atom stereocenters. The van der Waals surface area contributed by atoms with Crippen molar-refractivity contribution in [3.05, 3.63) is 36.3 Å². The van der Waals surface area contributed by atoms with E-state index in [-0.39, 0.29) is 4.90 Å². The minimum absolute atomic E-state index is 0.240. The van der Waals surface area contributed by atoms with Crippen LogP contribution in [0.5, 0.6) is 0 Å². The Balaban J connectivity index is 2.46. The summed E-state index contributed by atoms with van der Waals surface area (Å²) in [5.41, 5.74) is 1.58. The van der Waals surface area contributed by atoms with Crippen molar-refractivity contribution in [2.45, 2.75) is 4.90 Å². The Bertz CT molecular complexity index is 642. The molecule has 17 heavy (non-hydrogen) atoms. The van der Waals surface area contributed by atoms with E-state index in [4.69, 9.17) is 0 Å². The van der Waals surface area contributed by atoms with Crippen molar-refractivity contribution in [3.8, 4) is 11.3 Å². The second kappa shape index (κ2) is 4.14. The average Bonchev–Trinajstić information content (AvgIpc) is 2.76.